The van der Waals surface area contributed by atoms with Gasteiger partial charge in [-0.05, 0) is 32.3 Å². The molecule has 3 aromatic rings. The van der Waals surface area contributed by atoms with E-state index >= 15 is 0 Å². The average Bonchev–Trinajstić information content (AvgIpc) is 3.20. The van der Waals surface area contributed by atoms with E-state index in [2.05, 4.69) is 44.3 Å². The molecular weight excluding hydrogens is 316 g/mol. The first-order valence-electron chi connectivity index (χ1n) is 8.40. The highest BCUT2D eigenvalue weighted by atomic mass is 16.5. The lowest BCUT2D eigenvalue weighted by atomic mass is 10.1. The van der Waals surface area contributed by atoms with Gasteiger partial charge in [0.1, 0.15) is 17.1 Å². The van der Waals surface area contributed by atoms with E-state index in [1.54, 1.807) is 20.0 Å². The molecular formula is C19H22N4O2. The van der Waals surface area contributed by atoms with Crippen molar-refractivity contribution < 1.29 is 9.32 Å². The molecule has 0 saturated heterocycles. The van der Waals surface area contributed by atoms with Gasteiger partial charge in [-0.2, -0.15) is 0 Å². The van der Waals surface area contributed by atoms with Gasteiger partial charge in [0.2, 0.25) is 0 Å². The number of carbonyl (C=O) groups is 1. The first kappa shape index (κ1) is 17.0. The van der Waals surface area contributed by atoms with Crippen LogP contribution in [0.4, 0.5) is 0 Å². The van der Waals surface area contributed by atoms with E-state index in [0.29, 0.717) is 23.6 Å². The highest BCUT2D eigenvalue weighted by Gasteiger charge is 2.17. The predicted octanol–water partition coefficient (Wildman–Crippen LogP) is 3.05. The van der Waals surface area contributed by atoms with E-state index < -0.39 is 0 Å². The van der Waals surface area contributed by atoms with Gasteiger partial charge in [-0.3, -0.25) is 4.79 Å². The smallest absolute Gasteiger partial charge is 0.257 e. The van der Waals surface area contributed by atoms with Crippen LogP contribution >= 0.6 is 0 Å². The second-order valence-electron chi connectivity index (χ2n) is 6.01. The van der Waals surface area contributed by atoms with Gasteiger partial charge in [0.25, 0.3) is 5.91 Å². The number of hydrogen-bond donors (Lipinski definition) is 1. The molecule has 1 N–H and O–H groups in total. The van der Waals surface area contributed by atoms with Gasteiger partial charge < -0.3 is 14.4 Å². The average molecular weight is 338 g/mol. The molecule has 0 spiro atoms. The third-order valence-corrected chi connectivity index (χ3v) is 4.18. The Labute approximate surface area is 146 Å². The third kappa shape index (κ3) is 4.15. The van der Waals surface area contributed by atoms with Crippen LogP contribution in [0, 0.1) is 13.8 Å². The largest absolute Gasteiger partial charge is 0.361 e. The van der Waals surface area contributed by atoms with E-state index in [9.17, 15) is 4.79 Å². The number of nitrogens with one attached hydrogen (secondary N) is 1. The molecule has 1 aromatic carbocycles. The maximum atomic E-state index is 12.3. The number of amides is 1. The van der Waals surface area contributed by atoms with Gasteiger partial charge >= 0.3 is 0 Å². The Hall–Kier alpha value is -2.89. The Morgan fingerprint density at radius 3 is 2.76 bits per heavy atom. The summed E-state index contributed by atoms with van der Waals surface area (Å²) < 4.78 is 7.12. The minimum Gasteiger partial charge on any atom is -0.361 e. The van der Waals surface area contributed by atoms with Crippen molar-refractivity contribution in [2.24, 2.45) is 0 Å². The number of nitrogens with zero attached hydrogens (tertiary/aromatic N) is 3. The molecule has 2 aromatic heterocycles. The molecule has 0 saturated carbocycles. The maximum Gasteiger partial charge on any atom is 0.257 e. The second kappa shape index (κ2) is 7.79. The number of aryl methyl sites for hydroxylation is 4. The lowest BCUT2D eigenvalue weighted by Crippen LogP contribution is -2.25. The van der Waals surface area contributed by atoms with Gasteiger partial charge in [-0.25, -0.2) is 4.98 Å². The summed E-state index contributed by atoms with van der Waals surface area (Å²) in [7, 11) is 0. The SMILES string of the molecule is Cc1noc(C)c1C(=O)NCc1nccn1CCCc1ccccc1. The minimum absolute atomic E-state index is 0.185. The van der Waals surface area contributed by atoms with Gasteiger partial charge in [0.05, 0.1) is 12.2 Å². The van der Waals surface area contributed by atoms with Crippen LogP contribution in [-0.2, 0) is 19.5 Å². The standard InChI is InChI=1S/C19H22N4O2/c1-14-18(15(2)25-22-14)19(24)21-13-17-20-10-12-23(17)11-6-9-16-7-4-3-5-8-16/h3-5,7-8,10,12H,6,9,11,13H2,1-2H3,(H,21,24). The molecule has 0 aliphatic heterocycles. The van der Waals surface area contributed by atoms with Crippen LogP contribution in [0.15, 0.2) is 47.2 Å². The monoisotopic (exact) mass is 338 g/mol. The highest BCUT2D eigenvalue weighted by Crippen LogP contribution is 2.12. The van der Waals surface area contributed by atoms with Crippen LogP contribution in [0.1, 0.15) is 39.6 Å². The number of imidazole rings is 1. The van der Waals surface area contributed by atoms with Gasteiger partial charge in [-0.1, -0.05) is 35.5 Å². The van der Waals surface area contributed by atoms with Gasteiger partial charge in [-0.15, -0.1) is 0 Å². The van der Waals surface area contributed by atoms with Crippen LogP contribution in [0.5, 0.6) is 0 Å². The molecule has 2 heterocycles. The van der Waals surface area contributed by atoms with Crippen molar-refractivity contribution in [2.45, 2.75) is 39.8 Å². The molecule has 25 heavy (non-hydrogen) atoms. The lowest BCUT2D eigenvalue weighted by molar-refractivity contribution is 0.0947. The first-order valence-corrected chi connectivity index (χ1v) is 8.40. The number of carbonyl (C=O) groups excluding carboxylic acids is 1. The minimum atomic E-state index is -0.185. The predicted molar refractivity (Wildman–Crippen MR) is 94.1 cm³/mol. The van der Waals surface area contributed by atoms with Gasteiger partial charge in [0, 0.05) is 18.9 Å². The first-order chi connectivity index (χ1) is 12.1. The summed E-state index contributed by atoms with van der Waals surface area (Å²) in [5.41, 5.74) is 2.43. The van der Waals surface area contributed by atoms with Crippen LogP contribution in [0.25, 0.3) is 0 Å². The quantitative estimate of drug-likeness (QED) is 0.718. The molecule has 0 atom stereocenters. The van der Waals surface area contributed by atoms with E-state index in [-0.39, 0.29) is 5.91 Å². The summed E-state index contributed by atoms with van der Waals surface area (Å²) >= 11 is 0. The number of benzene rings is 1. The fourth-order valence-electron chi connectivity index (χ4n) is 2.86. The Kier molecular flexibility index (Phi) is 5.28. The Bertz CT molecular complexity index is 817. The Morgan fingerprint density at radius 2 is 2.04 bits per heavy atom. The molecule has 1 amide bonds. The molecule has 0 radical (unpaired) electrons. The van der Waals surface area contributed by atoms with Crippen LogP contribution in [0.2, 0.25) is 0 Å². The number of rotatable bonds is 7. The topological polar surface area (TPSA) is 73.0 Å². The summed E-state index contributed by atoms with van der Waals surface area (Å²) in [6, 6.07) is 10.4. The van der Waals surface area contributed by atoms with Crippen molar-refractivity contribution in [1.82, 2.24) is 20.0 Å². The second-order valence-corrected chi connectivity index (χ2v) is 6.01. The molecule has 0 aliphatic rings. The zero-order chi connectivity index (χ0) is 17.6. The molecule has 0 unspecified atom stereocenters. The molecule has 6 nitrogen and oxygen atoms in total. The molecule has 0 bridgehead atoms. The maximum absolute atomic E-state index is 12.3. The zero-order valence-electron chi connectivity index (χ0n) is 14.5. The normalized spacial score (nSPS) is 10.8. The summed E-state index contributed by atoms with van der Waals surface area (Å²) in [4.78, 5) is 16.7. The summed E-state index contributed by atoms with van der Waals surface area (Å²) in [5.74, 6) is 1.18. The highest BCUT2D eigenvalue weighted by molar-refractivity contribution is 5.95. The molecule has 130 valence electrons. The molecule has 0 fully saturated rings. The fourth-order valence-corrected chi connectivity index (χ4v) is 2.86. The van der Waals surface area contributed by atoms with Crippen molar-refractivity contribution in [3.63, 3.8) is 0 Å². The summed E-state index contributed by atoms with van der Waals surface area (Å²) in [6.07, 6.45) is 5.75. The van der Waals surface area contributed by atoms with Crippen LogP contribution in [0.3, 0.4) is 0 Å². The van der Waals surface area contributed by atoms with E-state index in [0.717, 1.165) is 25.2 Å². The Morgan fingerprint density at radius 1 is 1.24 bits per heavy atom. The summed E-state index contributed by atoms with van der Waals surface area (Å²) in [5, 5.41) is 6.71. The lowest BCUT2D eigenvalue weighted by Gasteiger charge is -2.09. The van der Waals surface area contributed by atoms with Crippen molar-refractivity contribution >= 4 is 5.91 Å². The van der Waals surface area contributed by atoms with Crippen molar-refractivity contribution in [1.29, 1.82) is 0 Å². The van der Waals surface area contributed by atoms with E-state index in [1.165, 1.54) is 5.56 Å². The van der Waals surface area contributed by atoms with Crippen molar-refractivity contribution in [3.05, 3.63) is 71.1 Å². The van der Waals surface area contributed by atoms with E-state index in [4.69, 9.17) is 4.52 Å². The zero-order valence-corrected chi connectivity index (χ0v) is 14.5. The van der Waals surface area contributed by atoms with Gasteiger partial charge in [0.15, 0.2) is 0 Å². The van der Waals surface area contributed by atoms with Crippen molar-refractivity contribution in [3.8, 4) is 0 Å². The number of hydrogen-bond acceptors (Lipinski definition) is 4. The fraction of sp³-hybridized carbons (Fsp3) is 0.316. The summed E-state index contributed by atoms with van der Waals surface area (Å²) in [6.45, 7) is 4.74. The molecule has 0 aliphatic carbocycles. The van der Waals surface area contributed by atoms with Crippen LogP contribution in [-0.4, -0.2) is 20.6 Å². The number of aromatic nitrogens is 3. The molecule has 3 rings (SSSR count). The van der Waals surface area contributed by atoms with Crippen LogP contribution < -0.4 is 5.32 Å². The van der Waals surface area contributed by atoms with E-state index in [1.807, 2.05) is 12.3 Å². The molecule has 6 heteroatoms. The van der Waals surface area contributed by atoms with Crippen molar-refractivity contribution in [2.75, 3.05) is 0 Å². The third-order valence-electron chi connectivity index (χ3n) is 4.18. The Balaban J connectivity index is 1.54.